The Labute approximate surface area is 175 Å². The Balaban J connectivity index is 1.80. The van der Waals surface area contributed by atoms with Crippen molar-refractivity contribution in [3.63, 3.8) is 0 Å². The van der Waals surface area contributed by atoms with E-state index in [1.54, 1.807) is 0 Å². The van der Waals surface area contributed by atoms with Gasteiger partial charge in [0.25, 0.3) is 0 Å². The van der Waals surface area contributed by atoms with E-state index in [0.717, 1.165) is 32.4 Å². The van der Waals surface area contributed by atoms with E-state index in [9.17, 15) is 4.79 Å². The zero-order chi connectivity index (χ0) is 20.1. The molecule has 0 N–H and O–H groups in total. The van der Waals surface area contributed by atoms with Gasteiger partial charge in [-0.2, -0.15) is 0 Å². The summed E-state index contributed by atoms with van der Waals surface area (Å²) in [4.78, 5) is 14.0. The molecule has 1 rings (SSSR count). The molecule has 28 heavy (non-hydrogen) atoms. The Bertz CT molecular complexity index is 443. The number of likely N-dealkylation sites (tertiary alicyclic amines) is 1. The van der Waals surface area contributed by atoms with Crippen LogP contribution in [0, 0.1) is 0 Å². The van der Waals surface area contributed by atoms with Gasteiger partial charge in [0, 0.05) is 19.5 Å². The van der Waals surface area contributed by atoms with Crippen molar-refractivity contribution < 1.29 is 4.79 Å². The molecule has 0 saturated carbocycles. The first-order valence-corrected chi connectivity index (χ1v) is 12.1. The van der Waals surface area contributed by atoms with Crippen LogP contribution in [0.4, 0.5) is 0 Å². The molecule has 1 saturated heterocycles. The largest absolute Gasteiger partial charge is 0.343 e. The summed E-state index contributed by atoms with van der Waals surface area (Å²) in [6, 6.07) is 0. The molecular formula is C26H45NO. The van der Waals surface area contributed by atoms with E-state index in [4.69, 9.17) is 0 Å². The van der Waals surface area contributed by atoms with Gasteiger partial charge in [-0.3, -0.25) is 4.79 Å². The van der Waals surface area contributed by atoms with Crippen LogP contribution < -0.4 is 0 Å². The van der Waals surface area contributed by atoms with Gasteiger partial charge in [0.1, 0.15) is 0 Å². The molecule has 0 aromatic heterocycles. The summed E-state index contributed by atoms with van der Waals surface area (Å²) in [5.41, 5.74) is 0. The number of rotatable bonds is 17. The Morgan fingerprint density at radius 2 is 1.18 bits per heavy atom. The van der Waals surface area contributed by atoms with E-state index in [1.165, 1.54) is 83.5 Å². The van der Waals surface area contributed by atoms with E-state index in [1.807, 2.05) is 4.90 Å². The van der Waals surface area contributed by atoms with E-state index in [2.05, 4.69) is 43.4 Å². The summed E-state index contributed by atoms with van der Waals surface area (Å²) in [6.45, 7) is 4.24. The molecule has 0 aliphatic carbocycles. The maximum atomic E-state index is 11.9. The number of allylic oxidation sites excluding steroid dienone is 6. The average molecular weight is 388 g/mol. The molecule has 0 atom stereocenters. The minimum atomic E-state index is 0.380. The van der Waals surface area contributed by atoms with Crippen molar-refractivity contribution in [1.29, 1.82) is 0 Å². The maximum absolute atomic E-state index is 11.9. The first-order valence-electron chi connectivity index (χ1n) is 12.1. The Hall–Kier alpha value is -1.31. The summed E-state index contributed by atoms with van der Waals surface area (Å²) in [5, 5.41) is 0. The molecule has 2 nitrogen and oxygen atoms in total. The van der Waals surface area contributed by atoms with E-state index in [-0.39, 0.29) is 0 Å². The lowest BCUT2D eigenvalue weighted by Crippen LogP contribution is -2.27. The molecule has 0 spiro atoms. The minimum absolute atomic E-state index is 0.380. The van der Waals surface area contributed by atoms with Gasteiger partial charge in [0.2, 0.25) is 5.91 Å². The standard InChI is InChI=1S/C26H45NO/c1-2-3-4-5-6-7-8-9-10-11-12-13-14-15-16-17-18-19-20-23-26(28)27-24-21-22-25-27/h6-7,9-10,15-16H,2-5,8,11-14,17-25H2,1H3. The quantitative estimate of drug-likeness (QED) is 0.184. The lowest BCUT2D eigenvalue weighted by molar-refractivity contribution is -0.130. The van der Waals surface area contributed by atoms with Crippen LogP contribution in [-0.2, 0) is 4.79 Å². The van der Waals surface area contributed by atoms with E-state index < -0.39 is 0 Å². The normalized spacial score (nSPS) is 15.0. The molecule has 0 radical (unpaired) electrons. The number of unbranched alkanes of at least 4 members (excludes halogenated alkanes) is 9. The van der Waals surface area contributed by atoms with E-state index >= 15 is 0 Å². The Morgan fingerprint density at radius 1 is 0.679 bits per heavy atom. The van der Waals surface area contributed by atoms with Crippen molar-refractivity contribution in [2.24, 2.45) is 0 Å². The van der Waals surface area contributed by atoms with Crippen LogP contribution in [-0.4, -0.2) is 23.9 Å². The fourth-order valence-corrected chi connectivity index (χ4v) is 3.62. The monoisotopic (exact) mass is 387 g/mol. The van der Waals surface area contributed by atoms with Crippen molar-refractivity contribution in [3.8, 4) is 0 Å². The summed E-state index contributed by atoms with van der Waals surface area (Å²) in [7, 11) is 0. The highest BCUT2D eigenvalue weighted by Crippen LogP contribution is 2.12. The number of hydrogen-bond donors (Lipinski definition) is 0. The van der Waals surface area contributed by atoms with Crippen molar-refractivity contribution >= 4 is 5.91 Å². The summed E-state index contributed by atoms with van der Waals surface area (Å²) in [5.74, 6) is 0.380. The van der Waals surface area contributed by atoms with Gasteiger partial charge in [-0.05, 0) is 77.0 Å². The molecule has 0 bridgehead atoms. The molecule has 1 aliphatic heterocycles. The number of amides is 1. The zero-order valence-corrected chi connectivity index (χ0v) is 18.5. The molecule has 1 heterocycles. The number of nitrogens with zero attached hydrogens (tertiary/aromatic N) is 1. The van der Waals surface area contributed by atoms with Gasteiger partial charge in [-0.15, -0.1) is 0 Å². The highest BCUT2D eigenvalue weighted by Gasteiger charge is 2.16. The van der Waals surface area contributed by atoms with Gasteiger partial charge in [0.05, 0.1) is 0 Å². The Kier molecular flexibility index (Phi) is 16.8. The van der Waals surface area contributed by atoms with Crippen molar-refractivity contribution in [3.05, 3.63) is 36.5 Å². The molecule has 1 fully saturated rings. The first-order chi connectivity index (χ1) is 13.8. The van der Waals surface area contributed by atoms with Crippen molar-refractivity contribution in [1.82, 2.24) is 4.90 Å². The van der Waals surface area contributed by atoms with Gasteiger partial charge in [0.15, 0.2) is 0 Å². The van der Waals surface area contributed by atoms with Crippen LogP contribution in [0.5, 0.6) is 0 Å². The van der Waals surface area contributed by atoms with E-state index in [0.29, 0.717) is 5.91 Å². The van der Waals surface area contributed by atoms with Gasteiger partial charge in [-0.1, -0.05) is 62.6 Å². The molecule has 0 unspecified atom stereocenters. The topological polar surface area (TPSA) is 20.3 Å². The second-order valence-corrected chi connectivity index (χ2v) is 8.12. The average Bonchev–Trinajstić information content (AvgIpc) is 3.24. The molecule has 1 aliphatic rings. The molecular weight excluding hydrogens is 342 g/mol. The smallest absolute Gasteiger partial charge is 0.222 e. The fourth-order valence-electron chi connectivity index (χ4n) is 3.62. The second kappa shape index (κ2) is 19.0. The summed E-state index contributed by atoms with van der Waals surface area (Å²) < 4.78 is 0. The van der Waals surface area contributed by atoms with Crippen molar-refractivity contribution in [2.45, 2.75) is 110 Å². The third kappa shape index (κ3) is 14.7. The SMILES string of the molecule is CCCCCC=CCC=CCCCCC=CCCCCCC(=O)N1CCCC1. The van der Waals surface area contributed by atoms with Crippen LogP contribution in [0.25, 0.3) is 0 Å². The molecule has 0 aromatic rings. The zero-order valence-electron chi connectivity index (χ0n) is 18.5. The summed E-state index contributed by atoms with van der Waals surface area (Å²) >= 11 is 0. The highest BCUT2D eigenvalue weighted by atomic mass is 16.2. The van der Waals surface area contributed by atoms with Crippen LogP contribution in [0.2, 0.25) is 0 Å². The second-order valence-electron chi connectivity index (χ2n) is 8.12. The van der Waals surface area contributed by atoms with Gasteiger partial charge >= 0.3 is 0 Å². The third-order valence-corrected chi connectivity index (χ3v) is 5.46. The predicted octanol–water partition coefficient (Wildman–Crippen LogP) is 7.76. The van der Waals surface area contributed by atoms with Crippen LogP contribution in [0.3, 0.4) is 0 Å². The molecule has 0 aromatic carbocycles. The minimum Gasteiger partial charge on any atom is -0.343 e. The predicted molar refractivity (Wildman–Crippen MR) is 124 cm³/mol. The number of carbonyl (C=O) groups is 1. The molecule has 160 valence electrons. The first kappa shape index (κ1) is 24.7. The Morgan fingerprint density at radius 3 is 1.75 bits per heavy atom. The lowest BCUT2D eigenvalue weighted by atomic mass is 10.1. The maximum Gasteiger partial charge on any atom is 0.222 e. The lowest BCUT2D eigenvalue weighted by Gasteiger charge is -2.14. The highest BCUT2D eigenvalue weighted by molar-refractivity contribution is 5.76. The van der Waals surface area contributed by atoms with Crippen LogP contribution >= 0.6 is 0 Å². The summed E-state index contributed by atoms with van der Waals surface area (Å²) in [6.07, 6.45) is 33.1. The van der Waals surface area contributed by atoms with Gasteiger partial charge < -0.3 is 4.90 Å². The van der Waals surface area contributed by atoms with Gasteiger partial charge in [-0.25, -0.2) is 0 Å². The molecule has 2 heteroatoms. The van der Waals surface area contributed by atoms with Crippen LogP contribution in [0.15, 0.2) is 36.5 Å². The van der Waals surface area contributed by atoms with Crippen molar-refractivity contribution in [2.75, 3.05) is 13.1 Å². The fraction of sp³-hybridized carbons (Fsp3) is 0.731. The van der Waals surface area contributed by atoms with Crippen LogP contribution in [0.1, 0.15) is 110 Å². The molecule has 1 amide bonds. The number of carbonyl (C=O) groups excluding carboxylic acids is 1. The third-order valence-electron chi connectivity index (χ3n) is 5.46. The number of hydrogen-bond acceptors (Lipinski definition) is 1.